The van der Waals surface area contributed by atoms with Gasteiger partial charge in [-0.25, -0.2) is 4.98 Å². The third-order valence-electron chi connectivity index (χ3n) is 3.55. The fraction of sp³-hybridized carbons (Fsp3) is 0.750. The average molecular weight is 243 g/mol. The number of aryl methyl sites for hydroxylation is 2. The Kier molecular flexibility index (Phi) is 4.89. The summed E-state index contributed by atoms with van der Waals surface area (Å²) in [5.41, 5.74) is 2.55. The minimum atomic E-state index is -0.365. The average Bonchev–Trinajstić information content (AvgIpc) is 2.66. The number of aliphatic hydroxyl groups is 2. The summed E-state index contributed by atoms with van der Waals surface area (Å²) in [7, 11) is 0. The van der Waals surface area contributed by atoms with Crippen LogP contribution in [0.15, 0.2) is 5.51 Å². The summed E-state index contributed by atoms with van der Waals surface area (Å²) in [6.07, 6.45) is 1.69. The highest BCUT2D eigenvalue weighted by Crippen LogP contribution is 2.33. The summed E-state index contributed by atoms with van der Waals surface area (Å²) in [4.78, 5) is 5.46. The van der Waals surface area contributed by atoms with Crippen LogP contribution in [0, 0.1) is 18.3 Å². The van der Waals surface area contributed by atoms with E-state index in [1.54, 1.807) is 11.3 Å². The van der Waals surface area contributed by atoms with Gasteiger partial charge in [0.25, 0.3) is 0 Å². The van der Waals surface area contributed by atoms with Gasteiger partial charge in [-0.3, -0.25) is 0 Å². The van der Waals surface area contributed by atoms with Crippen molar-refractivity contribution < 1.29 is 10.2 Å². The molecule has 0 amide bonds. The summed E-state index contributed by atoms with van der Waals surface area (Å²) in [6, 6.07) is 0. The van der Waals surface area contributed by atoms with Gasteiger partial charge in [0.1, 0.15) is 0 Å². The minimum Gasteiger partial charge on any atom is -0.396 e. The highest BCUT2D eigenvalue weighted by atomic mass is 32.1. The minimum absolute atomic E-state index is 0.0407. The van der Waals surface area contributed by atoms with Gasteiger partial charge in [-0.15, -0.1) is 11.3 Å². The van der Waals surface area contributed by atoms with Gasteiger partial charge in [-0.1, -0.05) is 13.8 Å². The molecule has 92 valence electrons. The molecule has 0 bridgehead atoms. The molecule has 4 heteroatoms. The van der Waals surface area contributed by atoms with Crippen LogP contribution < -0.4 is 0 Å². The molecule has 0 spiro atoms. The Bertz CT molecular complexity index is 319. The molecule has 0 atom stereocenters. The maximum absolute atomic E-state index is 9.47. The van der Waals surface area contributed by atoms with E-state index in [4.69, 9.17) is 0 Å². The van der Waals surface area contributed by atoms with Gasteiger partial charge in [0.2, 0.25) is 0 Å². The van der Waals surface area contributed by atoms with E-state index in [-0.39, 0.29) is 24.5 Å². The molecule has 0 radical (unpaired) electrons. The molecular weight excluding hydrogens is 222 g/mol. The Morgan fingerprint density at radius 3 is 2.38 bits per heavy atom. The third-order valence-corrected chi connectivity index (χ3v) is 4.54. The molecule has 0 saturated carbocycles. The van der Waals surface area contributed by atoms with Gasteiger partial charge >= 0.3 is 0 Å². The van der Waals surface area contributed by atoms with E-state index >= 15 is 0 Å². The Morgan fingerprint density at radius 1 is 1.38 bits per heavy atom. The molecule has 2 N–H and O–H groups in total. The van der Waals surface area contributed by atoms with Gasteiger partial charge in [0, 0.05) is 10.3 Å². The number of aliphatic hydroxyl groups excluding tert-OH is 2. The number of nitrogens with zero attached hydrogens (tertiary/aromatic N) is 1. The van der Waals surface area contributed by atoms with Crippen molar-refractivity contribution >= 4 is 11.3 Å². The summed E-state index contributed by atoms with van der Waals surface area (Å²) >= 11 is 1.65. The van der Waals surface area contributed by atoms with Crippen LogP contribution in [-0.2, 0) is 6.42 Å². The van der Waals surface area contributed by atoms with E-state index in [1.165, 1.54) is 4.88 Å². The third kappa shape index (κ3) is 2.81. The molecule has 0 fully saturated rings. The summed E-state index contributed by atoms with van der Waals surface area (Å²) < 4.78 is 0. The molecule has 1 aromatic rings. The molecule has 1 aromatic heterocycles. The predicted molar refractivity (Wildman–Crippen MR) is 66.6 cm³/mol. The standard InChI is InChI=1S/C12H21NO2S/c1-9(2)12(6-14,7-15)5-4-11-10(3)13-8-16-11/h8-9,14-15H,4-7H2,1-3H3. The molecule has 0 aliphatic heterocycles. The van der Waals surface area contributed by atoms with Crippen LogP contribution in [0.5, 0.6) is 0 Å². The normalized spacial score (nSPS) is 12.4. The smallest absolute Gasteiger partial charge is 0.0797 e. The van der Waals surface area contributed by atoms with E-state index in [2.05, 4.69) is 4.98 Å². The summed E-state index contributed by atoms with van der Waals surface area (Å²) in [5, 5.41) is 18.9. The first-order valence-electron chi connectivity index (χ1n) is 5.66. The second-order valence-corrected chi connectivity index (χ2v) is 5.63. The first kappa shape index (κ1) is 13.6. The largest absolute Gasteiger partial charge is 0.396 e. The lowest BCUT2D eigenvalue weighted by molar-refractivity contribution is 0.00931. The number of hydrogen-bond donors (Lipinski definition) is 2. The molecule has 0 aliphatic rings. The number of hydrogen-bond acceptors (Lipinski definition) is 4. The quantitative estimate of drug-likeness (QED) is 0.803. The zero-order valence-corrected chi connectivity index (χ0v) is 11.0. The van der Waals surface area contributed by atoms with Gasteiger partial charge < -0.3 is 10.2 Å². The Balaban J connectivity index is 2.67. The number of thiazole rings is 1. The molecule has 0 aliphatic carbocycles. The predicted octanol–water partition coefficient (Wildman–Crippen LogP) is 2.01. The lowest BCUT2D eigenvalue weighted by Gasteiger charge is -2.34. The van der Waals surface area contributed by atoms with Crippen molar-refractivity contribution in [2.24, 2.45) is 11.3 Å². The van der Waals surface area contributed by atoms with Crippen molar-refractivity contribution in [3.63, 3.8) is 0 Å². The molecule has 0 saturated heterocycles. The van der Waals surface area contributed by atoms with E-state index in [0.717, 1.165) is 18.5 Å². The van der Waals surface area contributed by atoms with Crippen LogP contribution >= 0.6 is 11.3 Å². The van der Waals surface area contributed by atoms with Gasteiger partial charge in [0.15, 0.2) is 0 Å². The van der Waals surface area contributed by atoms with Crippen LogP contribution in [0.1, 0.15) is 30.8 Å². The second-order valence-electron chi connectivity index (χ2n) is 4.69. The monoisotopic (exact) mass is 243 g/mol. The van der Waals surface area contributed by atoms with E-state index in [0.29, 0.717) is 0 Å². The lowest BCUT2D eigenvalue weighted by Crippen LogP contribution is -2.36. The topological polar surface area (TPSA) is 53.4 Å². The Labute approximate surface area is 101 Å². The number of aromatic nitrogens is 1. The van der Waals surface area contributed by atoms with Crippen molar-refractivity contribution in [1.82, 2.24) is 4.98 Å². The highest BCUT2D eigenvalue weighted by molar-refractivity contribution is 7.09. The van der Waals surface area contributed by atoms with Crippen LogP contribution in [0.4, 0.5) is 0 Å². The highest BCUT2D eigenvalue weighted by Gasteiger charge is 2.32. The first-order chi connectivity index (χ1) is 7.55. The first-order valence-corrected chi connectivity index (χ1v) is 6.54. The van der Waals surface area contributed by atoms with Crippen LogP contribution in [0.3, 0.4) is 0 Å². The van der Waals surface area contributed by atoms with Crippen molar-refractivity contribution in [2.45, 2.75) is 33.6 Å². The van der Waals surface area contributed by atoms with Crippen molar-refractivity contribution in [2.75, 3.05) is 13.2 Å². The zero-order valence-electron chi connectivity index (χ0n) is 10.2. The van der Waals surface area contributed by atoms with Crippen LogP contribution in [-0.4, -0.2) is 28.4 Å². The maximum Gasteiger partial charge on any atom is 0.0797 e. The second kappa shape index (κ2) is 5.75. The van der Waals surface area contributed by atoms with Crippen molar-refractivity contribution in [3.05, 3.63) is 16.1 Å². The van der Waals surface area contributed by atoms with Crippen molar-refractivity contribution in [1.29, 1.82) is 0 Å². The molecule has 0 aromatic carbocycles. The fourth-order valence-corrected chi connectivity index (χ4v) is 2.57. The Morgan fingerprint density at radius 2 is 2.00 bits per heavy atom. The maximum atomic E-state index is 9.47. The summed E-state index contributed by atoms with van der Waals surface area (Å²) in [6.45, 7) is 6.18. The SMILES string of the molecule is Cc1ncsc1CCC(CO)(CO)C(C)C. The zero-order chi connectivity index (χ0) is 12.2. The van der Waals surface area contributed by atoms with Crippen LogP contribution in [0.2, 0.25) is 0 Å². The molecule has 1 rings (SSSR count). The van der Waals surface area contributed by atoms with Crippen molar-refractivity contribution in [3.8, 4) is 0 Å². The van der Waals surface area contributed by atoms with Gasteiger partial charge in [0.05, 0.1) is 24.4 Å². The van der Waals surface area contributed by atoms with E-state index in [9.17, 15) is 10.2 Å². The van der Waals surface area contributed by atoms with Gasteiger partial charge in [-0.2, -0.15) is 0 Å². The molecule has 3 nitrogen and oxygen atoms in total. The van der Waals surface area contributed by atoms with E-state index in [1.807, 2.05) is 26.3 Å². The van der Waals surface area contributed by atoms with E-state index < -0.39 is 0 Å². The fourth-order valence-electron chi connectivity index (χ4n) is 1.79. The molecule has 0 unspecified atom stereocenters. The molecule has 16 heavy (non-hydrogen) atoms. The number of rotatable bonds is 6. The lowest BCUT2D eigenvalue weighted by atomic mass is 9.75. The Hall–Kier alpha value is -0.450. The van der Waals surface area contributed by atoms with Gasteiger partial charge in [-0.05, 0) is 25.7 Å². The van der Waals surface area contributed by atoms with Crippen LogP contribution in [0.25, 0.3) is 0 Å². The summed E-state index contributed by atoms with van der Waals surface area (Å²) in [5.74, 6) is 0.274. The molecular formula is C12H21NO2S. The molecule has 1 heterocycles.